The zero-order chi connectivity index (χ0) is 23.1. The minimum absolute atomic E-state index is 0.132. The second-order valence-corrected chi connectivity index (χ2v) is 8.55. The second kappa shape index (κ2) is 10.8. The van der Waals surface area contributed by atoms with Crippen molar-refractivity contribution in [3.63, 3.8) is 0 Å². The Morgan fingerprint density at radius 3 is 2.53 bits per heavy atom. The lowest BCUT2D eigenvalue weighted by atomic mass is 10.1. The number of carbonyl (C=O) groups is 2. The molecule has 0 aliphatic carbocycles. The molecule has 0 saturated heterocycles. The Labute approximate surface area is 195 Å². The van der Waals surface area contributed by atoms with E-state index in [1.807, 2.05) is 30.3 Å². The molecule has 166 valence electrons. The summed E-state index contributed by atoms with van der Waals surface area (Å²) >= 11 is 6.62. The van der Waals surface area contributed by atoms with Crippen LogP contribution in [0.3, 0.4) is 0 Å². The molecular formula is C23H23N3O4S2. The number of hydrogen-bond donors (Lipinski definition) is 2. The van der Waals surface area contributed by atoms with Crippen molar-refractivity contribution in [3.8, 4) is 5.88 Å². The fourth-order valence-corrected chi connectivity index (χ4v) is 4.35. The van der Waals surface area contributed by atoms with Gasteiger partial charge in [0.1, 0.15) is 10.9 Å². The molecule has 1 heterocycles. The Kier molecular flexibility index (Phi) is 7.91. The molecule has 0 fully saturated rings. The molecule has 0 spiro atoms. The van der Waals surface area contributed by atoms with Gasteiger partial charge in [0.25, 0.3) is 0 Å². The molecule has 1 amide bonds. The van der Waals surface area contributed by atoms with Gasteiger partial charge in [0.05, 0.1) is 18.5 Å². The number of benzene rings is 2. The third kappa shape index (κ3) is 5.89. The monoisotopic (exact) mass is 469 g/mol. The number of anilines is 1. The Balaban J connectivity index is 1.88. The van der Waals surface area contributed by atoms with E-state index in [4.69, 9.17) is 17.0 Å². The first kappa shape index (κ1) is 23.4. The summed E-state index contributed by atoms with van der Waals surface area (Å²) < 4.78 is 7.01. The van der Waals surface area contributed by atoms with Crippen molar-refractivity contribution in [2.75, 3.05) is 11.9 Å². The van der Waals surface area contributed by atoms with E-state index in [1.54, 1.807) is 31.2 Å². The van der Waals surface area contributed by atoms with Crippen molar-refractivity contribution in [3.05, 3.63) is 69.0 Å². The zero-order valence-corrected chi connectivity index (χ0v) is 19.3. The molecule has 0 saturated carbocycles. The predicted octanol–water partition coefficient (Wildman–Crippen LogP) is 5.04. The van der Waals surface area contributed by atoms with Crippen LogP contribution in [-0.2, 0) is 20.7 Å². The fourth-order valence-electron chi connectivity index (χ4n) is 3.08. The van der Waals surface area contributed by atoms with E-state index in [0.29, 0.717) is 26.6 Å². The smallest absolute Gasteiger partial charge is 0.329 e. The van der Waals surface area contributed by atoms with Crippen molar-refractivity contribution in [1.29, 1.82) is 0 Å². The van der Waals surface area contributed by atoms with Crippen molar-refractivity contribution < 1.29 is 19.4 Å². The molecule has 32 heavy (non-hydrogen) atoms. The van der Waals surface area contributed by atoms with E-state index in [2.05, 4.69) is 10.3 Å². The molecule has 3 rings (SSSR count). The van der Waals surface area contributed by atoms with Crippen molar-refractivity contribution in [2.24, 2.45) is 4.99 Å². The van der Waals surface area contributed by atoms with E-state index in [1.165, 1.54) is 17.7 Å². The normalized spacial score (nSPS) is 11.9. The minimum atomic E-state index is -0.791. The van der Waals surface area contributed by atoms with Crippen LogP contribution in [0.2, 0.25) is 0 Å². The summed E-state index contributed by atoms with van der Waals surface area (Å²) in [6.07, 6.45) is 1.84. The molecule has 2 N–H and O–H groups in total. The fraction of sp³-hybridized carbons (Fsp3) is 0.217. The number of thiazole rings is 1. The van der Waals surface area contributed by atoms with Crippen LogP contribution in [0, 0.1) is 3.95 Å². The highest BCUT2D eigenvalue weighted by molar-refractivity contribution is 7.73. The molecule has 9 heteroatoms. The number of esters is 1. The number of aliphatic imine (C=N–C) groups is 1. The summed E-state index contributed by atoms with van der Waals surface area (Å²) in [4.78, 5) is 28.6. The first-order chi connectivity index (χ1) is 15.4. The van der Waals surface area contributed by atoms with Gasteiger partial charge in [-0.2, -0.15) is 0 Å². The zero-order valence-electron chi connectivity index (χ0n) is 17.6. The predicted molar refractivity (Wildman–Crippen MR) is 129 cm³/mol. The summed E-state index contributed by atoms with van der Waals surface area (Å²) in [5.74, 6) is -0.746. The number of aromatic hydroxyl groups is 1. The summed E-state index contributed by atoms with van der Waals surface area (Å²) in [5, 5.41) is 13.5. The number of rotatable bonds is 8. The van der Waals surface area contributed by atoms with Gasteiger partial charge in [-0.3, -0.25) is 14.4 Å². The molecule has 3 aromatic rings. The maximum Gasteiger partial charge on any atom is 0.329 e. The summed E-state index contributed by atoms with van der Waals surface area (Å²) in [6.45, 7) is 3.40. The maximum absolute atomic E-state index is 12.7. The lowest BCUT2D eigenvalue weighted by Crippen LogP contribution is -2.24. The molecular weight excluding hydrogens is 446 g/mol. The number of amides is 1. The number of hydrogen-bond acceptors (Lipinski definition) is 7. The minimum Gasteiger partial charge on any atom is -0.493 e. The molecule has 0 radical (unpaired) electrons. The molecule has 0 unspecified atom stereocenters. The van der Waals surface area contributed by atoms with Gasteiger partial charge in [-0.05, 0) is 49.0 Å². The van der Waals surface area contributed by atoms with Gasteiger partial charge in [-0.15, -0.1) is 0 Å². The van der Waals surface area contributed by atoms with Crippen molar-refractivity contribution in [2.45, 2.75) is 26.3 Å². The standard InChI is InChI=1S/C23H23N3O4S2/c1-3-30-22(29)19(13-16-7-5-4-6-8-16)26-21(28)20(32-23(26)31)14-24-17-9-11-18(12-10-17)25-15(2)27/h4-12,14,19,28H,3,13H2,1-2H3,(H,25,27)/t19-/m1/s1. The van der Waals surface area contributed by atoms with Gasteiger partial charge >= 0.3 is 5.97 Å². The first-order valence-corrected chi connectivity index (χ1v) is 11.2. The van der Waals surface area contributed by atoms with Gasteiger partial charge in [0.15, 0.2) is 3.95 Å². The van der Waals surface area contributed by atoms with Crippen LogP contribution in [-0.4, -0.2) is 34.4 Å². The summed E-state index contributed by atoms with van der Waals surface area (Å²) in [6, 6.07) is 15.7. The quantitative estimate of drug-likeness (QED) is 0.274. The van der Waals surface area contributed by atoms with Gasteiger partial charge in [0.2, 0.25) is 11.8 Å². The average Bonchev–Trinajstić information content (AvgIpc) is 3.05. The van der Waals surface area contributed by atoms with Gasteiger partial charge in [-0.25, -0.2) is 4.79 Å². The van der Waals surface area contributed by atoms with Crippen LogP contribution in [0.5, 0.6) is 5.88 Å². The molecule has 2 aromatic carbocycles. The van der Waals surface area contributed by atoms with Crippen LogP contribution in [0.4, 0.5) is 11.4 Å². The van der Waals surface area contributed by atoms with E-state index >= 15 is 0 Å². The van der Waals surface area contributed by atoms with Crippen LogP contribution in [0.1, 0.15) is 30.3 Å². The number of nitrogens with one attached hydrogen (secondary N) is 1. The first-order valence-electron chi connectivity index (χ1n) is 9.95. The average molecular weight is 470 g/mol. The second-order valence-electron chi connectivity index (χ2n) is 6.87. The third-order valence-corrected chi connectivity index (χ3v) is 5.83. The van der Waals surface area contributed by atoms with E-state index < -0.39 is 12.0 Å². The highest BCUT2D eigenvalue weighted by Crippen LogP contribution is 2.31. The SMILES string of the molecule is CCOC(=O)[C@@H](Cc1ccccc1)n1c(O)c(C=Nc2ccc(NC(C)=O)cc2)sc1=S. The van der Waals surface area contributed by atoms with Crippen LogP contribution < -0.4 is 5.32 Å². The molecule has 0 aliphatic rings. The molecule has 0 aliphatic heterocycles. The topological polar surface area (TPSA) is 92.9 Å². The molecule has 7 nitrogen and oxygen atoms in total. The maximum atomic E-state index is 12.7. The molecule has 1 aromatic heterocycles. The summed E-state index contributed by atoms with van der Waals surface area (Å²) in [5.41, 5.74) is 2.22. The number of carbonyl (C=O) groups excluding carboxylic acids is 2. The Bertz CT molecular complexity index is 1170. The van der Waals surface area contributed by atoms with Gasteiger partial charge < -0.3 is 15.2 Å². The van der Waals surface area contributed by atoms with Crippen molar-refractivity contribution in [1.82, 2.24) is 4.57 Å². The number of nitrogens with zero attached hydrogens (tertiary/aromatic N) is 2. The van der Waals surface area contributed by atoms with Gasteiger partial charge in [-0.1, -0.05) is 41.7 Å². The lowest BCUT2D eigenvalue weighted by Gasteiger charge is -2.18. The highest BCUT2D eigenvalue weighted by atomic mass is 32.1. The third-order valence-electron chi connectivity index (χ3n) is 4.50. The van der Waals surface area contributed by atoms with Crippen LogP contribution >= 0.6 is 23.6 Å². The Morgan fingerprint density at radius 2 is 1.91 bits per heavy atom. The number of aromatic nitrogens is 1. The van der Waals surface area contributed by atoms with E-state index in [0.717, 1.165) is 16.9 Å². The highest BCUT2D eigenvalue weighted by Gasteiger charge is 2.27. The van der Waals surface area contributed by atoms with Crippen LogP contribution in [0.15, 0.2) is 59.6 Å². The van der Waals surface area contributed by atoms with Gasteiger partial charge in [0, 0.05) is 19.0 Å². The van der Waals surface area contributed by atoms with Crippen molar-refractivity contribution >= 4 is 53.0 Å². The summed E-state index contributed by atoms with van der Waals surface area (Å²) in [7, 11) is 0. The number of ether oxygens (including phenoxy) is 1. The largest absolute Gasteiger partial charge is 0.493 e. The Hall–Kier alpha value is -3.30. The Morgan fingerprint density at radius 1 is 1.22 bits per heavy atom. The van der Waals surface area contributed by atoms with Crippen LogP contribution in [0.25, 0.3) is 0 Å². The van der Waals surface area contributed by atoms with E-state index in [-0.39, 0.29) is 18.4 Å². The van der Waals surface area contributed by atoms with E-state index in [9.17, 15) is 14.7 Å². The molecule has 0 bridgehead atoms. The lowest BCUT2D eigenvalue weighted by molar-refractivity contribution is -0.147. The molecule has 1 atom stereocenters.